The zero-order valence-corrected chi connectivity index (χ0v) is 37.5. The standard InChI is InChI=1S/C45H45N3O4S6/c1-4-6-13-28-47-37-30-35(53-33-15-9-7-10-16-33)21-23-39(37)55-43(47)20-14-19-42-46(5-2)45(49)41(57-42)25-26-44-48(29-27-32(3)58(50,51)52)38-31-36(22-24-40(38)56-44)54-34-17-11-8-12-18-34/h7-12,14-26,30-32H,4-6,13,27-29H2,1-3H3/b41-25+,44-26-. The molecule has 3 heterocycles. The molecule has 2 aromatic heterocycles. The van der Waals surface area contributed by atoms with Gasteiger partial charge in [0.2, 0.25) is 5.52 Å². The van der Waals surface area contributed by atoms with E-state index in [9.17, 15) is 17.8 Å². The summed E-state index contributed by atoms with van der Waals surface area (Å²) in [6.07, 6.45) is 13.7. The first-order valence-electron chi connectivity index (χ1n) is 19.4. The topological polar surface area (TPSA) is 86.3 Å². The summed E-state index contributed by atoms with van der Waals surface area (Å²) in [5.74, 6) is 0. The van der Waals surface area contributed by atoms with Crippen molar-refractivity contribution in [1.82, 2.24) is 4.57 Å². The first-order valence-corrected chi connectivity index (χ1v) is 24.9. The van der Waals surface area contributed by atoms with Crippen molar-refractivity contribution < 1.29 is 17.5 Å². The SMILES string of the molecule is CCCCC[n+]1c(/C=C/C=c2\s/c(=C/C=C3\Sc4ccc(Sc5ccccc5)cc4N3CCC(C)S(=O)(=O)[O-])c(=O)n2CC)sc2ccc(Sc3ccccc3)cc21. The molecule has 0 bridgehead atoms. The minimum absolute atomic E-state index is 0.0522. The molecule has 0 N–H and O–H groups in total. The van der Waals surface area contributed by atoms with E-state index < -0.39 is 15.4 Å². The van der Waals surface area contributed by atoms with Gasteiger partial charge < -0.3 is 9.45 Å². The average Bonchev–Trinajstić information content (AvgIpc) is 3.85. The van der Waals surface area contributed by atoms with Crippen molar-refractivity contribution in [1.29, 1.82) is 0 Å². The van der Waals surface area contributed by atoms with Crippen LogP contribution in [-0.4, -0.2) is 29.3 Å². The van der Waals surface area contributed by atoms with Crippen molar-refractivity contribution in [3.63, 3.8) is 0 Å². The summed E-state index contributed by atoms with van der Waals surface area (Å²) in [6.45, 7) is 7.50. The number of aryl methyl sites for hydroxylation is 1. The van der Waals surface area contributed by atoms with E-state index in [1.54, 1.807) is 51.2 Å². The third-order valence-corrected chi connectivity index (χ3v) is 16.3. The van der Waals surface area contributed by atoms with E-state index in [-0.39, 0.29) is 12.0 Å². The highest BCUT2D eigenvalue weighted by Gasteiger charge is 2.26. The van der Waals surface area contributed by atoms with E-state index in [0.717, 1.165) is 49.5 Å². The third kappa shape index (κ3) is 10.3. The van der Waals surface area contributed by atoms with Crippen LogP contribution in [0.25, 0.3) is 28.4 Å². The van der Waals surface area contributed by atoms with Crippen LogP contribution >= 0.6 is 58.0 Å². The molecule has 4 aromatic carbocycles. The maximum atomic E-state index is 13.7. The van der Waals surface area contributed by atoms with E-state index in [4.69, 9.17) is 0 Å². The van der Waals surface area contributed by atoms with Crippen molar-refractivity contribution in [3.05, 3.63) is 139 Å². The van der Waals surface area contributed by atoms with Crippen molar-refractivity contribution in [3.8, 4) is 0 Å². The second-order valence-electron chi connectivity index (χ2n) is 13.8. The van der Waals surface area contributed by atoms with Crippen LogP contribution in [0.5, 0.6) is 0 Å². The molecule has 7 rings (SSSR count). The van der Waals surface area contributed by atoms with Crippen LogP contribution in [0.3, 0.4) is 0 Å². The van der Waals surface area contributed by atoms with Crippen LogP contribution in [0.2, 0.25) is 0 Å². The van der Waals surface area contributed by atoms with Gasteiger partial charge in [-0.1, -0.05) is 102 Å². The van der Waals surface area contributed by atoms with Gasteiger partial charge in [-0.05, 0) is 99.5 Å². The molecule has 13 heteroatoms. The highest BCUT2D eigenvalue weighted by molar-refractivity contribution is 8.03. The number of allylic oxidation sites excluding steroid dienone is 2. The van der Waals surface area contributed by atoms with Crippen LogP contribution in [0.4, 0.5) is 5.69 Å². The van der Waals surface area contributed by atoms with Gasteiger partial charge in [-0.25, -0.2) is 8.42 Å². The molecule has 300 valence electrons. The number of hydrogen-bond acceptors (Lipinski definition) is 10. The Hall–Kier alpha value is -3.82. The lowest BCUT2D eigenvalue weighted by atomic mass is 10.2. The second-order valence-corrected chi connectivity index (χ2v) is 21.1. The molecular weight excluding hydrogens is 839 g/mol. The largest absolute Gasteiger partial charge is 0.748 e. The molecule has 0 fully saturated rings. The quantitative estimate of drug-likeness (QED) is 0.0540. The second kappa shape index (κ2) is 19.5. The van der Waals surface area contributed by atoms with Gasteiger partial charge in [0, 0.05) is 61.4 Å². The zero-order valence-electron chi connectivity index (χ0n) is 32.6. The van der Waals surface area contributed by atoms with E-state index in [1.165, 1.54) is 49.7 Å². The number of anilines is 1. The fourth-order valence-electron chi connectivity index (χ4n) is 6.56. The highest BCUT2D eigenvalue weighted by Crippen LogP contribution is 2.48. The Morgan fingerprint density at radius 2 is 1.52 bits per heavy atom. The number of nitrogens with zero attached hydrogens (tertiary/aromatic N) is 3. The molecule has 1 aliphatic rings. The third-order valence-electron chi connectivity index (χ3n) is 9.71. The molecular formula is C45H45N3O4S6. The molecule has 6 aromatic rings. The molecule has 0 saturated carbocycles. The maximum Gasteiger partial charge on any atom is 0.269 e. The summed E-state index contributed by atoms with van der Waals surface area (Å²) >= 11 is 8.24. The predicted octanol–water partition coefficient (Wildman–Crippen LogP) is 9.98. The molecule has 7 nitrogen and oxygen atoms in total. The zero-order chi connectivity index (χ0) is 40.6. The molecule has 0 spiro atoms. The summed E-state index contributed by atoms with van der Waals surface area (Å²) in [5.41, 5.74) is 2.14. The summed E-state index contributed by atoms with van der Waals surface area (Å²) < 4.78 is 42.4. The maximum absolute atomic E-state index is 13.7. The molecule has 1 atom stereocenters. The summed E-state index contributed by atoms with van der Waals surface area (Å²) in [4.78, 5) is 21.4. The van der Waals surface area contributed by atoms with E-state index in [1.807, 2.05) is 49.4 Å². The van der Waals surface area contributed by atoms with Crippen LogP contribution < -0.4 is 24.2 Å². The number of aromatic nitrogens is 2. The molecule has 1 aliphatic heterocycles. The van der Waals surface area contributed by atoms with E-state index in [0.29, 0.717) is 17.6 Å². The molecule has 58 heavy (non-hydrogen) atoms. The Morgan fingerprint density at radius 3 is 2.19 bits per heavy atom. The highest BCUT2D eigenvalue weighted by atomic mass is 32.2. The Balaban J connectivity index is 1.19. The molecule has 0 aliphatic carbocycles. The monoisotopic (exact) mass is 883 g/mol. The predicted molar refractivity (Wildman–Crippen MR) is 246 cm³/mol. The van der Waals surface area contributed by atoms with Crippen molar-refractivity contribution in [2.45, 2.75) is 89.3 Å². The number of unbranched alkanes of at least 4 members (excludes halogenated alkanes) is 2. The Labute approximate surface area is 361 Å². The van der Waals surface area contributed by atoms with E-state index >= 15 is 0 Å². The van der Waals surface area contributed by atoms with Gasteiger partial charge >= 0.3 is 0 Å². The number of thiazole rings is 2. The van der Waals surface area contributed by atoms with Crippen LogP contribution in [0.1, 0.15) is 51.5 Å². The van der Waals surface area contributed by atoms with E-state index in [2.05, 4.69) is 101 Å². The lowest BCUT2D eigenvalue weighted by Gasteiger charge is -2.24. The van der Waals surface area contributed by atoms with Crippen LogP contribution in [0, 0.1) is 0 Å². The van der Waals surface area contributed by atoms with Gasteiger partial charge in [-0.3, -0.25) is 9.36 Å². The summed E-state index contributed by atoms with van der Waals surface area (Å²) in [7, 11) is -4.43. The summed E-state index contributed by atoms with van der Waals surface area (Å²) in [6, 6.07) is 33.6. The van der Waals surface area contributed by atoms with Gasteiger partial charge in [0.15, 0.2) is 6.54 Å². The molecule has 0 saturated heterocycles. The number of thioether (sulfide) groups is 1. The van der Waals surface area contributed by atoms with Gasteiger partial charge in [-0.15, -0.1) is 11.3 Å². The van der Waals surface area contributed by atoms with Crippen molar-refractivity contribution >= 4 is 102 Å². The van der Waals surface area contributed by atoms with Crippen LogP contribution in [0.15, 0.2) is 144 Å². The van der Waals surface area contributed by atoms with Crippen molar-refractivity contribution in [2.75, 3.05) is 11.4 Å². The minimum Gasteiger partial charge on any atom is -0.748 e. The van der Waals surface area contributed by atoms with Gasteiger partial charge in [-0.2, -0.15) is 4.57 Å². The molecule has 0 amide bonds. The Bertz CT molecular complexity index is 2740. The smallest absolute Gasteiger partial charge is 0.269 e. The Morgan fingerprint density at radius 1 is 0.828 bits per heavy atom. The first kappa shape index (κ1) is 42.3. The van der Waals surface area contributed by atoms with Gasteiger partial charge in [0.1, 0.15) is 4.70 Å². The molecule has 0 radical (unpaired) electrons. The number of hydrogen-bond donors (Lipinski definition) is 0. The normalized spacial score (nSPS) is 15.0. The van der Waals surface area contributed by atoms with Gasteiger partial charge in [0.05, 0.1) is 30.0 Å². The molecule has 1 unspecified atom stereocenters. The fraction of sp³-hybridized carbons (Fsp3) is 0.244. The average molecular weight is 884 g/mol. The Kier molecular flexibility index (Phi) is 14.2. The first-order chi connectivity index (χ1) is 28.1. The minimum atomic E-state index is -4.43. The van der Waals surface area contributed by atoms with Gasteiger partial charge in [0.25, 0.3) is 10.6 Å². The van der Waals surface area contributed by atoms with Crippen LogP contribution in [-0.2, 0) is 23.2 Å². The fourth-order valence-corrected chi connectivity index (χ4v) is 11.9. The lowest BCUT2D eigenvalue weighted by Crippen LogP contribution is -2.35. The number of fused-ring (bicyclic) bond motifs is 2. The lowest BCUT2D eigenvalue weighted by molar-refractivity contribution is -0.669. The summed E-state index contributed by atoms with van der Waals surface area (Å²) in [5, 5.41) is 1.02. The number of rotatable bonds is 16. The number of benzene rings is 4. The van der Waals surface area contributed by atoms with Crippen molar-refractivity contribution in [2.24, 2.45) is 0 Å².